The molecule has 0 atom stereocenters. The Morgan fingerprint density at radius 2 is 0.759 bits per heavy atom. The number of rotatable bonds is 8. The molecule has 0 amide bonds. The first-order valence-electron chi connectivity index (χ1n) is 10.8. The second-order valence-electron chi connectivity index (χ2n) is 9.12. The highest BCUT2D eigenvalue weighted by atomic mass is 31.1. The molecule has 0 bridgehead atoms. The van der Waals surface area contributed by atoms with Crippen LogP contribution >= 0.6 is 8.58 Å². The highest BCUT2D eigenvalue weighted by Crippen LogP contribution is 2.37. The summed E-state index contributed by atoms with van der Waals surface area (Å²) in [4.78, 5) is 0. The summed E-state index contributed by atoms with van der Waals surface area (Å²) in [5.41, 5.74) is 5.23. The normalized spacial score (nSPS) is 11.8. The molecule has 0 saturated carbocycles. The Labute approximate surface area is 180 Å². The third-order valence-corrected chi connectivity index (χ3v) is 6.63. The van der Waals surface area contributed by atoms with Crippen LogP contribution in [0.15, 0.2) is 24.3 Å². The summed E-state index contributed by atoms with van der Waals surface area (Å²) in [7, 11) is 4.21. The second kappa shape index (κ2) is 9.98. The molecule has 0 unspecified atom stereocenters. The molecule has 3 heteroatoms. The van der Waals surface area contributed by atoms with E-state index in [9.17, 15) is 0 Å². The van der Waals surface area contributed by atoms with Gasteiger partial charge in [-0.3, -0.25) is 0 Å². The topological polar surface area (TPSA) is 18.5 Å². The van der Waals surface area contributed by atoms with E-state index in [-0.39, 0.29) is 0 Å². The van der Waals surface area contributed by atoms with Gasteiger partial charge >= 0.3 is 0 Å². The predicted molar refractivity (Wildman–Crippen MR) is 130 cm³/mol. The molecule has 160 valence electrons. The zero-order valence-electron chi connectivity index (χ0n) is 19.9. The van der Waals surface area contributed by atoms with E-state index in [0.29, 0.717) is 32.3 Å². The monoisotopic (exact) mass is 414 g/mol. The van der Waals surface area contributed by atoms with Crippen molar-refractivity contribution in [1.29, 1.82) is 0 Å². The van der Waals surface area contributed by atoms with Crippen molar-refractivity contribution in [3.63, 3.8) is 0 Å². The molecule has 0 aliphatic rings. The van der Waals surface area contributed by atoms with Crippen molar-refractivity contribution in [2.24, 2.45) is 0 Å². The second-order valence-corrected chi connectivity index (χ2v) is 10.5. The minimum Gasteiger partial charge on any atom is -0.496 e. The molecule has 0 spiro atoms. The maximum atomic E-state index is 5.82. The summed E-state index contributed by atoms with van der Waals surface area (Å²) in [5, 5.41) is 2.76. The Bertz CT molecular complexity index is 707. The Hall–Kier alpha value is -1.53. The molecule has 2 aromatic rings. The van der Waals surface area contributed by atoms with Crippen molar-refractivity contribution in [2.45, 2.75) is 79.1 Å². The Kier molecular flexibility index (Phi) is 8.18. The van der Waals surface area contributed by atoms with Crippen molar-refractivity contribution in [3.05, 3.63) is 46.5 Å². The van der Waals surface area contributed by atoms with Crippen molar-refractivity contribution < 1.29 is 9.47 Å². The summed E-state index contributed by atoms with van der Waals surface area (Å²) in [6.07, 6.45) is 0. The van der Waals surface area contributed by atoms with Gasteiger partial charge in [0.2, 0.25) is 0 Å². The number of benzene rings is 2. The van der Waals surface area contributed by atoms with Crippen LogP contribution in [0.5, 0.6) is 11.5 Å². The molecule has 2 rings (SSSR count). The molecule has 0 aliphatic heterocycles. The van der Waals surface area contributed by atoms with Crippen LogP contribution in [0.4, 0.5) is 0 Å². The molecular weight excluding hydrogens is 375 g/mol. The fourth-order valence-corrected chi connectivity index (χ4v) is 5.09. The van der Waals surface area contributed by atoms with Gasteiger partial charge < -0.3 is 9.47 Å². The summed E-state index contributed by atoms with van der Waals surface area (Å²) in [5.74, 6) is 3.84. The van der Waals surface area contributed by atoms with Gasteiger partial charge in [-0.15, -0.1) is 0 Å². The van der Waals surface area contributed by atoms with Crippen molar-refractivity contribution in [1.82, 2.24) is 0 Å². The zero-order valence-corrected chi connectivity index (χ0v) is 20.9. The standard InChI is InChI=1S/C26H39O2P/c1-15(2)21-11-19(12-22(16(3)4)25(21)27-9)29-20-13-23(17(5)6)26(28-10)24(14-20)18(7)8/h11-18,29H,1-10H3. The Morgan fingerprint density at radius 3 is 0.931 bits per heavy atom. The van der Waals surface area contributed by atoms with Gasteiger partial charge in [0, 0.05) is 0 Å². The van der Waals surface area contributed by atoms with E-state index < -0.39 is 0 Å². The van der Waals surface area contributed by atoms with Crippen LogP contribution in [0.2, 0.25) is 0 Å². The smallest absolute Gasteiger partial charge is 0.125 e. The average molecular weight is 415 g/mol. The highest BCUT2D eigenvalue weighted by Gasteiger charge is 2.19. The SMILES string of the molecule is COc1c(C(C)C)cc(Pc2cc(C(C)C)c(OC)c(C(C)C)c2)cc1C(C)C. The molecule has 29 heavy (non-hydrogen) atoms. The zero-order chi connectivity index (χ0) is 21.9. The minimum atomic E-state index is 0.431. The first kappa shape index (κ1) is 23.7. The van der Waals surface area contributed by atoms with Crippen LogP contribution < -0.4 is 20.1 Å². The molecule has 2 aromatic carbocycles. The van der Waals surface area contributed by atoms with Gasteiger partial charge in [-0.25, -0.2) is 0 Å². The van der Waals surface area contributed by atoms with E-state index in [0.717, 1.165) is 11.5 Å². The quantitative estimate of drug-likeness (QED) is 0.441. The molecule has 0 heterocycles. The Morgan fingerprint density at radius 1 is 0.517 bits per heavy atom. The van der Waals surface area contributed by atoms with E-state index in [2.05, 4.69) is 79.7 Å². The molecule has 0 N–H and O–H groups in total. The van der Waals surface area contributed by atoms with Crippen molar-refractivity contribution >= 4 is 19.2 Å². The highest BCUT2D eigenvalue weighted by molar-refractivity contribution is 7.55. The summed E-state index contributed by atoms with van der Waals surface area (Å²) in [6, 6.07) is 9.40. The summed E-state index contributed by atoms with van der Waals surface area (Å²) >= 11 is 0. The van der Waals surface area contributed by atoms with Gasteiger partial charge in [-0.05, 0) is 80.8 Å². The van der Waals surface area contributed by atoms with Crippen LogP contribution in [0, 0.1) is 0 Å². The maximum Gasteiger partial charge on any atom is 0.125 e. The van der Waals surface area contributed by atoms with E-state index >= 15 is 0 Å². The van der Waals surface area contributed by atoms with Gasteiger partial charge in [0.1, 0.15) is 11.5 Å². The number of hydrogen-bond donors (Lipinski definition) is 0. The molecule has 0 radical (unpaired) electrons. The lowest BCUT2D eigenvalue weighted by Crippen LogP contribution is -2.13. The summed E-state index contributed by atoms with van der Waals surface area (Å²) < 4.78 is 11.6. The van der Waals surface area contributed by atoms with E-state index in [4.69, 9.17) is 9.47 Å². The van der Waals surface area contributed by atoms with Crippen LogP contribution in [0.25, 0.3) is 0 Å². The third-order valence-electron chi connectivity index (χ3n) is 5.48. The van der Waals surface area contributed by atoms with Gasteiger partial charge in [0.25, 0.3) is 0 Å². The van der Waals surface area contributed by atoms with Crippen LogP contribution in [-0.2, 0) is 0 Å². The van der Waals surface area contributed by atoms with Gasteiger partial charge in [0.05, 0.1) is 14.2 Å². The molecule has 2 nitrogen and oxygen atoms in total. The number of methoxy groups -OCH3 is 2. The predicted octanol–water partition coefficient (Wildman–Crippen LogP) is 6.83. The lowest BCUT2D eigenvalue weighted by atomic mass is 9.94. The van der Waals surface area contributed by atoms with E-state index in [1.165, 1.54) is 32.9 Å². The number of hydrogen-bond acceptors (Lipinski definition) is 2. The lowest BCUT2D eigenvalue weighted by Gasteiger charge is -2.22. The molecular formula is C26H39O2P. The molecule has 0 aromatic heterocycles. The van der Waals surface area contributed by atoms with E-state index in [1.807, 2.05) is 0 Å². The fourth-order valence-electron chi connectivity index (χ4n) is 3.85. The van der Waals surface area contributed by atoms with Gasteiger partial charge in [-0.1, -0.05) is 64.0 Å². The molecule has 0 saturated heterocycles. The van der Waals surface area contributed by atoms with Crippen LogP contribution in [0.1, 0.15) is 101 Å². The minimum absolute atomic E-state index is 0.431. The van der Waals surface area contributed by atoms with Gasteiger partial charge in [0.15, 0.2) is 0 Å². The lowest BCUT2D eigenvalue weighted by molar-refractivity contribution is 0.400. The first-order valence-corrected chi connectivity index (χ1v) is 11.8. The van der Waals surface area contributed by atoms with Crippen molar-refractivity contribution in [2.75, 3.05) is 14.2 Å². The average Bonchev–Trinajstić information content (AvgIpc) is 2.66. The van der Waals surface area contributed by atoms with E-state index in [1.54, 1.807) is 14.2 Å². The first-order chi connectivity index (χ1) is 13.6. The number of ether oxygens (including phenoxy) is 2. The van der Waals surface area contributed by atoms with Crippen LogP contribution in [0.3, 0.4) is 0 Å². The summed E-state index contributed by atoms with van der Waals surface area (Å²) in [6.45, 7) is 18.0. The molecule has 0 fully saturated rings. The molecule has 0 aliphatic carbocycles. The van der Waals surface area contributed by atoms with Gasteiger partial charge in [-0.2, -0.15) is 0 Å². The Balaban J connectivity index is 2.61. The fraction of sp³-hybridized carbons (Fsp3) is 0.538. The van der Waals surface area contributed by atoms with Crippen LogP contribution in [-0.4, -0.2) is 14.2 Å². The van der Waals surface area contributed by atoms with Crippen molar-refractivity contribution in [3.8, 4) is 11.5 Å². The largest absolute Gasteiger partial charge is 0.496 e. The maximum absolute atomic E-state index is 5.82. The third kappa shape index (κ3) is 5.34.